The van der Waals surface area contributed by atoms with Crippen LogP contribution in [0, 0.1) is 0 Å². The number of ether oxygens (including phenoxy) is 4. The van der Waals surface area contributed by atoms with E-state index in [0.717, 1.165) is 28.4 Å². The average Bonchev–Trinajstić information content (AvgIpc) is 2.62. The number of rotatable bonds is 7. The van der Waals surface area contributed by atoms with Crippen LogP contribution in [0.4, 0.5) is 0 Å². The molecule has 0 aliphatic rings. The summed E-state index contributed by atoms with van der Waals surface area (Å²) < 4.78 is 21.3. The molecule has 0 saturated carbocycles. The van der Waals surface area contributed by atoms with Gasteiger partial charge in [0.15, 0.2) is 0 Å². The highest BCUT2D eigenvalue weighted by Gasteiger charge is 2.11. The summed E-state index contributed by atoms with van der Waals surface area (Å²) in [7, 11) is 6.57. The molecule has 0 amide bonds. The van der Waals surface area contributed by atoms with E-state index in [1.807, 2.05) is 36.4 Å². The Balaban J connectivity index is 2.19. The second kappa shape index (κ2) is 8.13. The Kier molecular flexibility index (Phi) is 5.92. The second-order valence-corrected chi connectivity index (χ2v) is 4.89. The summed E-state index contributed by atoms with van der Waals surface area (Å²) in [6.07, 6.45) is 4.83. The quantitative estimate of drug-likeness (QED) is 0.775. The third-order valence-corrected chi connectivity index (χ3v) is 3.57. The molecule has 0 unspecified atom stereocenters. The normalized spacial score (nSPS) is 10.6. The van der Waals surface area contributed by atoms with Crippen molar-refractivity contribution in [2.45, 2.75) is 6.42 Å². The van der Waals surface area contributed by atoms with Gasteiger partial charge in [-0.2, -0.15) is 0 Å². The fourth-order valence-corrected chi connectivity index (χ4v) is 2.31. The van der Waals surface area contributed by atoms with Gasteiger partial charge in [-0.05, 0) is 24.1 Å². The molecule has 0 radical (unpaired) electrons. The van der Waals surface area contributed by atoms with E-state index in [1.54, 1.807) is 28.4 Å². The summed E-state index contributed by atoms with van der Waals surface area (Å²) in [6, 6.07) is 11.6. The van der Waals surface area contributed by atoms with Crippen LogP contribution in [0.2, 0.25) is 0 Å². The van der Waals surface area contributed by atoms with E-state index < -0.39 is 0 Å². The van der Waals surface area contributed by atoms with Gasteiger partial charge in [0, 0.05) is 17.7 Å². The lowest BCUT2D eigenvalue weighted by Crippen LogP contribution is -1.97. The van der Waals surface area contributed by atoms with Crippen molar-refractivity contribution < 1.29 is 18.9 Å². The zero-order valence-electron chi connectivity index (χ0n) is 14.0. The Morgan fingerprint density at radius 3 is 1.78 bits per heavy atom. The van der Waals surface area contributed by atoms with E-state index >= 15 is 0 Å². The van der Waals surface area contributed by atoms with Gasteiger partial charge in [-0.25, -0.2) is 0 Å². The summed E-state index contributed by atoms with van der Waals surface area (Å²) in [4.78, 5) is 0. The Labute approximate surface area is 137 Å². The number of hydrogen-bond acceptors (Lipinski definition) is 4. The monoisotopic (exact) mass is 314 g/mol. The molecule has 0 saturated heterocycles. The van der Waals surface area contributed by atoms with Crippen LogP contribution < -0.4 is 18.9 Å². The lowest BCUT2D eigenvalue weighted by atomic mass is 10.1. The van der Waals surface area contributed by atoms with Crippen molar-refractivity contribution in [2.24, 2.45) is 0 Å². The highest BCUT2D eigenvalue weighted by atomic mass is 16.5. The van der Waals surface area contributed by atoms with Crippen LogP contribution in [0.5, 0.6) is 23.0 Å². The minimum atomic E-state index is 0.697. The first-order chi connectivity index (χ1) is 11.2. The fraction of sp³-hybridized carbons (Fsp3) is 0.263. The van der Waals surface area contributed by atoms with Gasteiger partial charge in [-0.15, -0.1) is 0 Å². The molecule has 0 bridgehead atoms. The van der Waals surface area contributed by atoms with E-state index in [4.69, 9.17) is 18.9 Å². The van der Waals surface area contributed by atoms with E-state index in [2.05, 4.69) is 12.2 Å². The van der Waals surface area contributed by atoms with Crippen LogP contribution in [-0.4, -0.2) is 28.4 Å². The average molecular weight is 314 g/mol. The van der Waals surface area contributed by atoms with Gasteiger partial charge in [-0.1, -0.05) is 24.3 Å². The maximum Gasteiger partial charge on any atom is 0.129 e. The predicted octanol–water partition coefficient (Wildman–Crippen LogP) is 3.98. The Bertz CT molecular complexity index is 635. The molecule has 0 fully saturated rings. The highest BCUT2D eigenvalue weighted by molar-refractivity contribution is 5.55. The van der Waals surface area contributed by atoms with Crippen LogP contribution in [0.1, 0.15) is 11.1 Å². The topological polar surface area (TPSA) is 36.9 Å². The summed E-state index contributed by atoms with van der Waals surface area (Å²) in [5.74, 6) is 3.06. The van der Waals surface area contributed by atoms with Crippen LogP contribution in [0.3, 0.4) is 0 Å². The molecule has 0 N–H and O–H groups in total. The maximum absolute atomic E-state index is 5.45. The predicted molar refractivity (Wildman–Crippen MR) is 91.8 cm³/mol. The minimum absolute atomic E-state index is 0.697. The summed E-state index contributed by atoms with van der Waals surface area (Å²) in [5.41, 5.74) is 2.10. The molecule has 2 aromatic carbocycles. The molecule has 23 heavy (non-hydrogen) atoms. The molecule has 4 heteroatoms. The SMILES string of the molecule is COc1ccc(/C=C/Cc2c(OC)cc(OC)cc2OC)cc1. The third kappa shape index (κ3) is 4.19. The van der Waals surface area contributed by atoms with Crippen LogP contribution in [0.15, 0.2) is 42.5 Å². The molecule has 0 aliphatic carbocycles. The van der Waals surface area contributed by atoms with Crippen molar-refractivity contribution >= 4 is 6.08 Å². The van der Waals surface area contributed by atoms with E-state index in [0.29, 0.717) is 12.2 Å². The zero-order chi connectivity index (χ0) is 16.7. The number of methoxy groups -OCH3 is 4. The Morgan fingerprint density at radius 2 is 1.30 bits per heavy atom. The van der Waals surface area contributed by atoms with Crippen molar-refractivity contribution in [3.63, 3.8) is 0 Å². The molecular formula is C19H22O4. The van der Waals surface area contributed by atoms with Crippen molar-refractivity contribution in [2.75, 3.05) is 28.4 Å². The highest BCUT2D eigenvalue weighted by Crippen LogP contribution is 2.34. The smallest absolute Gasteiger partial charge is 0.129 e. The lowest BCUT2D eigenvalue weighted by Gasteiger charge is -2.13. The molecule has 0 spiro atoms. The van der Waals surface area contributed by atoms with Gasteiger partial charge in [0.1, 0.15) is 23.0 Å². The molecular weight excluding hydrogens is 292 g/mol. The van der Waals surface area contributed by atoms with Gasteiger partial charge >= 0.3 is 0 Å². The Hall–Kier alpha value is -2.62. The van der Waals surface area contributed by atoms with Crippen molar-refractivity contribution in [1.29, 1.82) is 0 Å². The van der Waals surface area contributed by atoms with Crippen molar-refractivity contribution in [1.82, 2.24) is 0 Å². The van der Waals surface area contributed by atoms with E-state index in [1.165, 1.54) is 0 Å². The lowest BCUT2D eigenvalue weighted by molar-refractivity contribution is 0.370. The summed E-state index contributed by atoms with van der Waals surface area (Å²) in [5, 5.41) is 0. The molecule has 122 valence electrons. The molecule has 0 heterocycles. The van der Waals surface area contributed by atoms with E-state index in [-0.39, 0.29) is 0 Å². The van der Waals surface area contributed by atoms with Crippen LogP contribution in [-0.2, 0) is 6.42 Å². The largest absolute Gasteiger partial charge is 0.497 e. The minimum Gasteiger partial charge on any atom is -0.497 e. The third-order valence-electron chi connectivity index (χ3n) is 3.57. The van der Waals surface area contributed by atoms with Crippen LogP contribution >= 0.6 is 0 Å². The molecule has 2 aromatic rings. The van der Waals surface area contributed by atoms with E-state index in [9.17, 15) is 0 Å². The van der Waals surface area contributed by atoms with Crippen molar-refractivity contribution in [3.8, 4) is 23.0 Å². The second-order valence-electron chi connectivity index (χ2n) is 4.89. The number of allylic oxidation sites excluding steroid dienone is 1. The first-order valence-corrected chi connectivity index (χ1v) is 7.31. The van der Waals surface area contributed by atoms with Gasteiger partial charge in [0.25, 0.3) is 0 Å². The molecule has 0 atom stereocenters. The summed E-state index contributed by atoms with van der Waals surface area (Å²) >= 11 is 0. The standard InChI is InChI=1S/C19H22O4/c1-20-15-10-8-14(9-11-15)6-5-7-17-18(22-3)12-16(21-2)13-19(17)23-4/h5-6,8-13H,7H2,1-4H3/b6-5+. The Morgan fingerprint density at radius 1 is 0.739 bits per heavy atom. The molecule has 2 rings (SSSR count). The first kappa shape index (κ1) is 16.7. The molecule has 4 nitrogen and oxygen atoms in total. The van der Waals surface area contributed by atoms with Crippen LogP contribution in [0.25, 0.3) is 6.08 Å². The number of hydrogen-bond donors (Lipinski definition) is 0. The number of benzene rings is 2. The van der Waals surface area contributed by atoms with Crippen molar-refractivity contribution in [3.05, 3.63) is 53.6 Å². The first-order valence-electron chi connectivity index (χ1n) is 7.31. The maximum atomic E-state index is 5.45. The molecule has 0 aliphatic heterocycles. The van der Waals surface area contributed by atoms with Gasteiger partial charge in [-0.3, -0.25) is 0 Å². The zero-order valence-corrected chi connectivity index (χ0v) is 14.0. The van der Waals surface area contributed by atoms with Gasteiger partial charge < -0.3 is 18.9 Å². The fourth-order valence-electron chi connectivity index (χ4n) is 2.31. The van der Waals surface area contributed by atoms with Gasteiger partial charge in [0.2, 0.25) is 0 Å². The molecule has 0 aromatic heterocycles. The van der Waals surface area contributed by atoms with Gasteiger partial charge in [0.05, 0.1) is 28.4 Å². The summed E-state index contributed by atoms with van der Waals surface area (Å²) in [6.45, 7) is 0.